The van der Waals surface area contributed by atoms with Gasteiger partial charge in [0.15, 0.2) is 6.29 Å². The van der Waals surface area contributed by atoms with Crippen LogP contribution in [0.1, 0.15) is 65.9 Å². The third-order valence-electron chi connectivity index (χ3n) is 10.3. The van der Waals surface area contributed by atoms with Crippen LogP contribution in [0.15, 0.2) is 103 Å². The molecule has 11 nitrogen and oxygen atoms in total. The molecule has 11 heteroatoms. The fourth-order valence-corrected chi connectivity index (χ4v) is 7.40. The number of hydrogen-bond donors (Lipinski definition) is 3. The maximum Gasteiger partial charge on any atom is 0.408 e. The summed E-state index contributed by atoms with van der Waals surface area (Å²) >= 11 is 0. The summed E-state index contributed by atoms with van der Waals surface area (Å²) in [4.78, 5) is 42.0. The number of aliphatic hydroxyl groups is 2. The van der Waals surface area contributed by atoms with Gasteiger partial charge in [0.2, 0.25) is 5.91 Å². The Hall–Kier alpha value is -4.91. The SMILES string of the molecule is O=C(NC1CC(=O)N(Cc2cccc(-c3cccc([C@@H]4O[C@H](CN5CCC[C@H]5CO)C[C@H](c5ccc(CO)cc5)O4)c3)c2)C1=O)OCc1ccccc1. The van der Waals surface area contributed by atoms with Crippen LogP contribution in [0.3, 0.4) is 0 Å². The summed E-state index contributed by atoms with van der Waals surface area (Å²) in [6, 6.07) is 31.8. The van der Waals surface area contributed by atoms with Gasteiger partial charge in [0.1, 0.15) is 12.6 Å². The molecule has 4 aromatic carbocycles. The first kappa shape index (κ1) is 36.4. The van der Waals surface area contributed by atoms with Crippen molar-refractivity contribution >= 4 is 17.9 Å². The second kappa shape index (κ2) is 16.8. The highest BCUT2D eigenvalue weighted by Gasteiger charge is 2.40. The third kappa shape index (κ3) is 8.84. The number of nitrogens with one attached hydrogen (secondary N) is 1. The van der Waals surface area contributed by atoms with E-state index in [-0.39, 0.29) is 56.9 Å². The van der Waals surface area contributed by atoms with Crippen molar-refractivity contribution in [2.45, 2.75) is 76.0 Å². The molecule has 3 fully saturated rings. The van der Waals surface area contributed by atoms with E-state index in [4.69, 9.17) is 14.2 Å². The molecule has 3 N–H and O–H groups in total. The van der Waals surface area contributed by atoms with Gasteiger partial charge in [-0.2, -0.15) is 0 Å². The van der Waals surface area contributed by atoms with Gasteiger partial charge in [0, 0.05) is 24.6 Å². The van der Waals surface area contributed by atoms with Gasteiger partial charge in [-0.25, -0.2) is 4.79 Å². The lowest BCUT2D eigenvalue weighted by Gasteiger charge is -2.38. The van der Waals surface area contributed by atoms with Crippen LogP contribution in [0, 0.1) is 0 Å². The molecule has 0 bridgehead atoms. The number of rotatable bonds is 12. The molecule has 0 saturated carbocycles. The molecule has 3 amide bonds. The Kier molecular flexibility index (Phi) is 11.6. The van der Waals surface area contributed by atoms with Gasteiger partial charge in [-0.05, 0) is 64.9 Å². The minimum atomic E-state index is -0.985. The molecule has 0 aromatic heterocycles. The zero-order valence-corrected chi connectivity index (χ0v) is 29.5. The zero-order valence-electron chi connectivity index (χ0n) is 29.5. The second-order valence-electron chi connectivity index (χ2n) is 13.9. The van der Waals surface area contributed by atoms with Crippen LogP contribution in [-0.4, -0.2) is 75.8 Å². The molecule has 0 radical (unpaired) electrons. The number of amides is 3. The lowest BCUT2D eigenvalue weighted by Crippen LogP contribution is -2.42. The second-order valence-corrected chi connectivity index (χ2v) is 13.9. The number of alkyl carbamates (subject to hydrolysis) is 1. The van der Waals surface area contributed by atoms with Crippen molar-refractivity contribution in [1.82, 2.24) is 15.1 Å². The fourth-order valence-electron chi connectivity index (χ4n) is 7.40. The van der Waals surface area contributed by atoms with Crippen LogP contribution in [0.4, 0.5) is 4.79 Å². The number of nitrogens with zero attached hydrogens (tertiary/aromatic N) is 2. The highest BCUT2D eigenvalue weighted by Crippen LogP contribution is 2.39. The van der Waals surface area contributed by atoms with Crippen LogP contribution in [-0.2, 0) is 43.6 Å². The van der Waals surface area contributed by atoms with Gasteiger partial charge in [-0.3, -0.25) is 19.4 Å². The number of carbonyl (C=O) groups excluding carboxylic acids is 3. The summed E-state index contributed by atoms with van der Waals surface area (Å²) in [5.74, 6) is -0.836. The molecule has 4 aromatic rings. The maximum absolute atomic E-state index is 13.2. The summed E-state index contributed by atoms with van der Waals surface area (Å²) in [6.07, 6.45) is 0.793. The Balaban J connectivity index is 1.04. The van der Waals surface area contributed by atoms with E-state index < -0.39 is 24.3 Å². The van der Waals surface area contributed by atoms with E-state index in [0.717, 1.165) is 58.3 Å². The van der Waals surface area contributed by atoms with Crippen LogP contribution in [0.2, 0.25) is 0 Å². The quantitative estimate of drug-likeness (QED) is 0.164. The highest BCUT2D eigenvalue weighted by atomic mass is 16.7. The van der Waals surface area contributed by atoms with Gasteiger partial charge in [-0.1, -0.05) is 91.0 Å². The molecule has 5 atom stereocenters. The molecule has 3 aliphatic heterocycles. The molecule has 3 heterocycles. The number of benzene rings is 4. The Morgan fingerprint density at radius 3 is 2.36 bits per heavy atom. The predicted octanol–water partition coefficient (Wildman–Crippen LogP) is 5.40. The van der Waals surface area contributed by atoms with E-state index in [2.05, 4.69) is 10.2 Å². The summed E-state index contributed by atoms with van der Waals surface area (Å²) in [7, 11) is 0. The number of ether oxygens (including phenoxy) is 3. The van der Waals surface area contributed by atoms with Gasteiger partial charge < -0.3 is 29.7 Å². The molecule has 0 aliphatic carbocycles. The smallest absolute Gasteiger partial charge is 0.408 e. The van der Waals surface area contributed by atoms with Crippen molar-refractivity contribution in [3.8, 4) is 11.1 Å². The maximum atomic E-state index is 13.2. The van der Waals surface area contributed by atoms with Crippen molar-refractivity contribution in [2.75, 3.05) is 19.7 Å². The first-order valence-corrected chi connectivity index (χ1v) is 18.2. The van der Waals surface area contributed by atoms with Crippen molar-refractivity contribution in [3.63, 3.8) is 0 Å². The Bertz CT molecular complexity index is 1890. The number of hydrogen-bond acceptors (Lipinski definition) is 9. The molecule has 3 saturated heterocycles. The van der Waals surface area contributed by atoms with Crippen LogP contribution in [0.25, 0.3) is 11.1 Å². The van der Waals surface area contributed by atoms with Crippen LogP contribution in [0.5, 0.6) is 0 Å². The molecule has 53 heavy (non-hydrogen) atoms. The van der Waals surface area contributed by atoms with Gasteiger partial charge in [0.25, 0.3) is 5.91 Å². The number of imide groups is 1. The minimum Gasteiger partial charge on any atom is -0.445 e. The van der Waals surface area contributed by atoms with Crippen molar-refractivity contribution in [1.29, 1.82) is 0 Å². The van der Waals surface area contributed by atoms with Gasteiger partial charge >= 0.3 is 6.09 Å². The van der Waals surface area contributed by atoms with Gasteiger partial charge in [-0.15, -0.1) is 0 Å². The normalized spacial score (nSPS) is 23.4. The standard InChI is InChI=1S/C42H45N3O8/c46-25-28-14-16-31(17-15-28)38-21-36(24-44-18-6-13-35(44)26-47)52-41(53-38)34-12-5-11-33(20-34)32-10-4-9-30(19-32)23-45-39(48)22-37(40(45)49)43-42(50)51-27-29-7-2-1-3-8-29/h1-5,7-12,14-17,19-20,35-38,41,46-47H,6,13,18,21-27H2,(H,43,50)/t35-,36-,37?,38+,41+/m0/s1. The first-order chi connectivity index (χ1) is 25.9. The third-order valence-corrected chi connectivity index (χ3v) is 10.3. The molecule has 7 rings (SSSR count). The Morgan fingerprint density at radius 1 is 0.830 bits per heavy atom. The van der Waals surface area contributed by atoms with Gasteiger partial charge in [0.05, 0.1) is 38.4 Å². The van der Waals surface area contributed by atoms with E-state index in [1.807, 2.05) is 103 Å². The average Bonchev–Trinajstić information content (AvgIpc) is 3.76. The lowest BCUT2D eigenvalue weighted by molar-refractivity contribution is -0.253. The number of carbonyl (C=O) groups is 3. The average molecular weight is 720 g/mol. The number of likely N-dealkylation sites (tertiary alicyclic amines) is 2. The van der Waals surface area contributed by atoms with Crippen molar-refractivity contribution < 1.29 is 38.8 Å². The molecular weight excluding hydrogens is 674 g/mol. The zero-order chi connectivity index (χ0) is 36.7. The van der Waals surface area contributed by atoms with E-state index >= 15 is 0 Å². The fraction of sp³-hybridized carbons (Fsp3) is 0.357. The lowest BCUT2D eigenvalue weighted by atomic mass is 9.98. The largest absolute Gasteiger partial charge is 0.445 e. The summed E-state index contributed by atoms with van der Waals surface area (Å²) < 4.78 is 18.5. The monoisotopic (exact) mass is 719 g/mol. The van der Waals surface area contributed by atoms with E-state index in [1.165, 1.54) is 4.90 Å². The topological polar surface area (TPSA) is 138 Å². The van der Waals surface area contributed by atoms with Crippen molar-refractivity contribution in [2.24, 2.45) is 0 Å². The molecule has 0 spiro atoms. The van der Waals surface area contributed by atoms with Crippen LogP contribution < -0.4 is 5.32 Å². The molecule has 3 aliphatic rings. The minimum absolute atomic E-state index is 0.0277. The molecular formula is C42H45N3O8. The summed E-state index contributed by atoms with van der Waals surface area (Å²) in [6.45, 7) is 1.84. The number of aliphatic hydroxyl groups excluding tert-OH is 2. The first-order valence-electron chi connectivity index (χ1n) is 18.2. The van der Waals surface area contributed by atoms with E-state index in [9.17, 15) is 24.6 Å². The summed E-state index contributed by atoms with van der Waals surface area (Å²) in [5.41, 5.74) is 6.10. The predicted molar refractivity (Wildman–Crippen MR) is 196 cm³/mol. The highest BCUT2D eigenvalue weighted by molar-refractivity contribution is 6.06. The van der Waals surface area contributed by atoms with E-state index in [1.54, 1.807) is 0 Å². The molecule has 276 valence electrons. The summed E-state index contributed by atoms with van der Waals surface area (Å²) in [5, 5.41) is 22.1. The Labute approximate surface area is 309 Å². The van der Waals surface area contributed by atoms with E-state index in [0.29, 0.717) is 13.0 Å². The van der Waals surface area contributed by atoms with Crippen molar-refractivity contribution in [3.05, 3.63) is 131 Å². The Morgan fingerprint density at radius 2 is 1.58 bits per heavy atom. The van der Waals surface area contributed by atoms with Crippen LogP contribution >= 0.6 is 0 Å². The molecule has 1 unspecified atom stereocenters.